The molecule has 0 aliphatic carbocycles. The van der Waals surface area contributed by atoms with Crippen molar-refractivity contribution < 1.29 is 14.3 Å². The number of anilines is 1. The number of benzene rings is 1. The molecule has 1 aliphatic rings. The fourth-order valence-corrected chi connectivity index (χ4v) is 2.17. The molecule has 1 fully saturated rings. The number of hydrogen-bond donors (Lipinski definition) is 3. The summed E-state index contributed by atoms with van der Waals surface area (Å²) in [5, 5.41) is 8.73. The SMILES string of the molecule is CCNC(=O)COc1ccc(NC(=O)C(C)C2CNC2)cc1. The minimum absolute atomic E-state index is 0.00471. The highest BCUT2D eigenvalue weighted by Gasteiger charge is 2.28. The van der Waals surface area contributed by atoms with Crippen LogP contribution in [0.1, 0.15) is 13.8 Å². The highest BCUT2D eigenvalue weighted by Crippen LogP contribution is 2.20. The molecule has 1 atom stereocenters. The van der Waals surface area contributed by atoms with Crippen LogP contribution in [-0.4, -0.2) is 38.1 Å². The molecular formula is C16H23N3O3. The van der Waals surface area contributed by atoms with E-state index in [-0.39, 0.29) is 24.3 Å². The number of ether oxygens (including phenoxy) is 1. The van der Waals surface area contributed by atoms with E-state index >= 15 is 0 Å². The Morgan fingerprint density at radius 1 is 1.32 bits per heavy atom. The number of hydrogen-bond acceptors (Lipinski definition) is 4. The lowest BCUT2D eigenvalue weighted by atomic mass is 9.88. The molecule has 22 heavy (non-hydrogen) atoms. The molecule has 0 saturated carbocycles. The number of nitrogens with one attached hydrogen (secondary N) is 3. The average Bonchev–Trinajstić information content (AvgIpc) is 2.45. The van der Waals surface area contributed by atoms with Crippen molar-refractivity contribution in [2.75, 3.05) is 31.6 Å². The van der Waals surface area contributed by atoms with Gasteiger partial charge >= 0.3 is 0 Å². The van der Waals surface area contributed by atoms with Gasteiger partial charge in [0, 0.05) is 18.2 Å². The van der Waals surface area contributed by atoms with Crippen LogP contribution in [0, 0.1) is 11.8 Å². The van der Waals surface area contributed by atoms with Gasteiger partial charge in [-0.15, -0.1) is 0 Å². The second-order valence-electron chi connectivity index (χ2n) is 5.46. The predicted octanol–water partition coefficient (Wildman–Crippen LogP) is 0.995. The molecule has 0 radical (unpaired) electrons. The Morgan fingerprint density at radius 2 is 2.00 bits per heavy atom. The van der Waals surface area contributed by atoms with Gasteiger partial charge in [-0.3, -0.25) is 9.59 Å². The fraction of sp³-hybridized carbons (Fsp3) is 0.500. The summed E-state index contributed by atoms with van der Waals surface area (Å²) >= 11 is 0. The predicted molar refractivity (Wildman–Crippen MR) is 84.8 cm³/mol. The van der Waals surface area contributed by atoms with Gasteiger partial charge < -0.3 is 20.7 Å². The van der Waals surface area contributed by atoms with Gasteiger partial charge in [0.15, 0.2) is 6.61 Å². The number of rotatable bonds is 7. The van der Waals surface area contributed by atoms with Crippen LogP contribution in [0.2, 0.25) is 0 Å². The lowest BCUT2D eigenvalue weighted by Crippen LogP contribution is -2.48. The summed E-state index contributed by atoms with van der Waals surface area (Å²) in [5.41, 5.74) is 0.731. The minimum Gasteiger partial charge on any atom is -0.484 e. The molecule has 3 N–H and O–H groups in total. The van der Waals surface area contributed by atoms with E-state index in [1.807, 2.05) is 13.8 Å². The van der Waals surface area contributed by atoms with Crippen LogP contribution >= 0.6 is 0 Å². The Bertz CT molecular complexity index is 512. The standard InChI is InChI=1S/C16H23N3O3/c1-3-18-15(20)10-22-14-6-4-13(5-7-14)19-16(21)11(2)12-8-17-9-12/h4-7,11-12,17H,3,8-10H2,1-2H3,(H,18,20)(H,19,21). The van der Waals surface area contributed by atoms with E-state index < -0.39 is 0 Å². The Morgan fingerprint density at radius 3 is 2.55 bits per heavy atom. The molecule has 2 amide bonds. The van der Waals surface area contributed by atoms with Gasteiger partial charge in [0.1, 0.15) is 5.75 Å². The maximum absolute atomic E-state index is 12.1. The van der Waals surface area contributed by atoms with Crippen LogP contribution in [-0.2, 0) is 9.59 Å². The van der Waals surface area contributed by atoms with E-state index in [4.69, 9.17) is 4.74 Å². The van der Waals surface area contributed by atoms with E-state index in [9.17, 15) is 9.59 Å². The van der Waals surface area contributed by atoms with Crippen LogP contribution in [0.25, 0.3) is 0 Å². The van der Waals surface area contributed by atoms with Crippen LogP contribution < -0.4 is 20.7 Å². The molecule has 0 aromatic heterocycles. The summed E-state index contributed by atoms with van der Waals surface area (Å²) in [4.78, 5) is 23.4. The summed E-state index contributed by atoms with van der Waals surface area (Å²) in [7, 11) is 0. The van der Waals surface area contributed by atoms with Gasteiger partial charge in [-0.25, -0.2) is 0 Å². The Balaban J connectivity index is 1.80. The van der Waals surface area contributed by atoms with Crippen molar-refractivity contribution in [1.82, 2.24) is 10.6 Å². The van der Waals surface area contributed by atoms with E-state index in [2.05, 4.69) is 16.0 Å². The molecular weight excluding hydrogens is 282 g/mol. The van der Waals surface area contributed by atoms with Crippen LogP contribution in [0.3, 0.4) is 0 Å². The lowest BCUT2D eigenvalue weighted by Gasteiger charge is -2.31. The number of carbonyl (C=O) groups excluding carboxylic acids is 2. The smallest absolute Gasteiger partial charge is 0.257 e. The Kier molecular flexibility index (Phi) is 5.77. The fourth-order valence-electron chi connectivity index (χ4n) is 2.17. The number of likely N-dealkylation sites (N-methyl/N-ethyl adjacent to an activating group) is 1. The zero-order chi connectivity index (χ0) is 15.9. The first kappa shape index (κ1) is 16.3. The van der Waals surface area contributed by atoms with Gasteiger partial charge in [-0.05, 0) is 50.2 Å². The molecule has 1 saturated heterocycles. The van der Waals surface area contributed by atoms with E-state index in [0.29, 0.717) is 18.2 Å². The summed E-state index contributed by atoms with van der Waals surface area (Å²) in [6.07, 6.45) is 0. The summed E-state index contributed by atoms with van der Waals surface area (Å²) in [6, 6.07) is 7.03. The summed E-state index contributed by atoms with van der Waals surface area (Å²) in [6.45, 7) is 6.19. The third-order valence-corrected chi connectivity index (χ3v) is 3.80. The summed E-state index contributed by atoms with van der Waals surface area (Å²) < 4.78 is 5.36. The third-order valence-electron chi connectivity index (χ3n) is 3.80. The first-order valence-corrected chi connectivity index (χ1v) is 7.61. The van der Waals surface area contributed by atoms with E-state index in [0.717, 1.165) is 18.8 Å². The van der Waals surface area contributed by atoms with E-state index in [1.165, 1.54) is 0 Å². The molecule has 1 aromatic rings. The van der Waals surface area contributed by atoms with Crippen molar-refractivity contribution in [3.05, 3.63) is 24.3 Å². The lowest BCUT2D eigenvalue weighted by molar-refractivity contribution is -0.123. The van der Waals surface area contributed by atoms with Crippen LogP contribution in [0.15, 0.2) is 24.3 Å². The van der Waals surface area contributed by atoms with Crippen molar-refractivity contribution in [3.63, 3.8) is 0 Å². The van der Waals surface area contributed by atoms with Gasteiger partial charge in [-0.2, -0.15) is 0 Å². The van der Waals surface area contributed by atoms with Crippen molar-refractivity contribution in [3.8, 4) is 5.75 Å². The Hall–Kier alpha value is -2.08. The minimum atomic E-state index is -0.150. The third kappa shape index (κ3) is 4.46. The summed E-state index contributed by atoms with van der Waals surface area (Å²) in [5.74, 6) is 0.889. The molecule has 0 spiro atoms. The van der Waals surface area contributed by atoms with Gasteiger partial charge in [0.2, 0.25) is 5.91 Å². The van der Waals surface area contributed by atoms with Crippen molar-refractivity contribution in [2.24, 2.45) is 11.8 Å². The van der Waals surface area contributed by atoms with Crippen molar-refractivity contribution in [1.29, 1.82) is 0 Å². The van der Waals surface area contributed by atoms with Crippen LogP contribution in [0.4, 0.5) is 5.69 Å². The quantitative estimate of drug-likeness (QED) is 0.702. The van der Waals surface area contributed by atoms with E-state index in [1.54, 1.807) is 24.3 Å². The molecule has 2 rings (SSSR count). The second-order valence-corrected chi connectivity index (χ2v) is 5.46. The number of amides is 2. The molecule has 1 aromatic carbocycles. The first-order valence-electron chi connectivity index (χ1n) is 7.61. The average molecular weight is 305 g/mol. The normalized spacial score (nSPS) is 15.5. The molecule has 6 nitrogen and oxygen atoms in total. The maximum Gasteiger partial charge on any atom is 0.257 e. The van der Waals surface area contributed by atoms with Gasteiger partial charge in [0.25, 0.3) is 5.91 Å². The van der Waals surface area contributed by atoms with Gasteiger partial charge in [-0.1, -0.05) is 6.92 Å². The van der Waals surface area contributed by atoms with Gasteiger partial charge in [0.05, 0.1) is 0 Å². The highest BCUT2D eigenvalue weighted by molar-refractivity contribution is 5.92. The topological polar surface area (TPSA) is 79.5 Å². The first-order chi connectivity index (χ1) is 10.6. The zero-order valence-corrected chi connectivity index (χ0v) is 13.0. The molecule has 1 heterocycles. The number of carbonyl (C=O) groups is 2. The molecule has 120 valence electrons. The molecule has 1 unspecified atom stereocenters. The molecule has 0 bridgehead atoms. The largest absolute Gasteiger partial charge is 0.484 e. The zero-order valence-electron chi connectivity index (χ0n) is 13.0. The highest BCUT2D eigenvalue weighted by atomic mass is 16.5. The maximum atomic E-state index is 12.1. The second kappa shape index (κ2) is 7.79. The Labute approximate surface area is 130 Å². The molecule has 6 heteroatoms. The van der Waals surface area contributed by atoms with Crippen molar-refractivity contribution >= 4 is 17.5 Å². The molecule has 1 aliphatic heterocycles. The monoisotopic (exact) mass is 305 g/mol. The van der Waals surface area contributed by atoms with Crippen LogP contribution in [0.5, 0.6) is 5.75 Å². The van der Waals surface area contributed by atoms with Crippen molar-refractivity contribution in [2.45, 2.75) is 13.8 Å².